The largest absolute Gasteiger partial charge is 0.484 e. The first-order valence-corrected chi connectivity index (χ1v) is 7.92. The molecule has 2 aromatic rings. The standard InChI is InChI=1S/C14H16INOS/c1-2-13(16)14(10-6-7-18-9-10)17-12-5-3-4-11(15)8-12/h3-9,13-14H,2,16H2,1H3. The molecule has 0 saturated carbocycles. The molecule has 0 fully saturated rings. The highest BCUT2D eigenvalue weighted by Crippen LogP contribution is 2.27. The van der Waals surface area contributed by atoms with Crippen LogP contribution in [-0.4, -0.2) is 6.04 Å². The molecular formula is C14H16INOS. The van der Waals surface area contributed by atoms with Gasteiger partial charge in [-0.05, 0) is 64.0 Å². The summed E-state index contributed by atoms with van der Waals surface area (Å²) in [6, 6.07) is 10.1. The molecule has 0 spiro atoms. The number of rotatable bonds is 5. The lowest BCUT2D eigenvalue weighted by Crippen LogP contribution is -2.31. The summed E-state index contributed by atoms with van der Waals surface area (Å²) < 4.78 is 7.24. The Balaban J connectivity index is 2.20. The van der Waals surface area contributed by atoms with E-state index in [-0.39, 0.29) is 12.1 Å². The van der Waals surface area contributed by atoms with Crippen molar-refractivity contribution < 1.29 is 4.74 Å². The van der Waals surface area contributed by atoms with Gasteiger partial charge in [-0.25, -0.2) is 0 Å². The van der Waals surface area contributed by atoms with Crippen molar-refractivity contribution in [3.8, 4) is 5.75 Å². The fourth-order valence-corrected chi connectivity index (χ4v) is 2.94. The zero-order chi connectivity index (χ0) is 13.0. The van der Waals surface area contributed by atoms with E-state index < -0.39 is 0 Å². The van der Waals surface area contributed by atoms with Crippen molar-refractivity contribution in [1.82, 2.24) is 0 Å². The first kappa shape index (κ1) is 13.8. The molecule has 96 valence electrons. The third-order valence-corrected chi connectivity index (χ3v) is 4.16. The van der Waals surface area contributed by atoms with Gasteiger partial charge in [-0.15, -0.1) is 0 Å². The first-order chi connectivity index (χ1) is 8.70. The van der Waals surface area contributed by atoms with Crippen LogP contribution >= 0.6 is 33.9 Å². The Kier molecular flexibility index (Phi) is 5.03. The van der Waals surface area contributed by atoms with Gasteiger partial charge in [-0.3, -0.25) is 0 Å². The van der Waals surface area contributed by atoms with Gasteiger partial charge in [0.05, 0.1) is 0 Å². The summed E-state index contributed by atoms with van der Waals surface area (Å²) in [4.78, 5) is 0. The van der Waals surface area contributed by atoms with Gasteiger partial charge in [0.2, 0.25) is 0 Å². The summed E-state index contributed by atoms with van der Waals surface area (Å²) in [5, 5.41) is 4.16. The molecule has 4 heteroatoms. The van der Waals surface area contributed by atoms with Crippen molar-refractivity contribution in [2.24, 2.45) is 5.73 Å². The average Bonchev–Trinajstić information content (AvgIpc) is 2.89. The Morgan fingerprint density at radius 3 is 2.83 bits per heavy atom. The lowest BCUT2D eigenvalue weighted by atomic mass is 10.0. The maximum atomic E-state index is 6.17. The van der Waals surface area contributed by atoms with E-state index in [2.05, 4.69) is 46.3 Å². The first-order valence-electron chi connectivity index (χ1n) is 5.90. The fraction of sp³-hybridized carbons (Fsp3) is 0.286. The van der Waals surface area contributed by atoms with Crippen LogP contribution in [0.25, 0.3) is 0 Å². The Hall–Kier alpha value is -0.590. The number of halogens is 1. The lowest BCUT2D eigenvalue weighted by molar-refractivity contribution is 0.171. The molecule has 2 rings (SSSR count). The van der Waals surface area contributed by atoms with E-state index in [0.29, 0.717) is 0 Å². The van der Waals surface area contributed by atoms with Crippen LogP contribution in [0.3, 0.4) is 0 Å². The van der Waals surface area contributed by atoms with Gasteiger partial charge in [0.15, 0.2) is 0 Å². The number of thiophene rings is 1. The molecule has 2 atom stereocenters. The molecule has 0 amide bonds. The highest BCUT2D eigenvalue weighted by molar-refractivity contribution is 14.1. The lowest BCUT2D eigenvalue weighted by Gasteiger charge is -2.23. The third-order valence-electron chi connectivity index (χ3n) is 2.79. The topological polar surface area (TPSA) is 35.2 Å². The molecule has 2 unspecified atom stereocenters. The molecule has 2 nitrogen and oxygen atoms in total. The smallest absolute Gasteiger partial charge is 0.140 e. The molecule has 0 aliphatic carbocycles. The predicted octanol–water partition coefficient (Wildman–Crippen LogP) is 4.21. The van der Waals surface area contributed by atoms with E-state index in [1.165, 1.54) is 3.57 Å². The van der Waals surface area contributed by atoms with Gasteiger partial charge in [0.1, 0.15) is 11.9 Å². The third kappa shape index (κ3) is 3.46. The molecule has 0 aliphatic rings. The molecule has 18 heavy (non-hydrogen) atoms. The maximum Gasteiger partial charge on any atom is 0.140 e. The summed E-state index contributed by atoms with van der Waals surface area (Å²) in [6.45, 7) is 2.09. The molecule has 1 heterocycles. The van der Waals surface area contributed by atoms with Crippen molar-refractivity contribution in [1.29, 1.82) is 0 Å². The summed E-state index contributed by atoms with van der Waals surface area (Å²) in [6.07, 6.45) is 0.823. The number of hydrogen-bond acceptors (Lipinski definition) is 3. The van der Waals surface area contributed by atoms with Crippen LogP contribution < -0.4 is 10.5 Å². The maximum absolute atomic E-state index is 6.17. The van der Waals surface area contributed by atoms with Gasteiger partial charge in [0, 0.05) is 15.2 Å². The molecule has 2 N–H and O–H groups in total. The van der Waals surface area contributed by atoms with E-state index in [0.717, 1.165) is 17.7 Å². The second kappa shape index (κ2) is 6.54. The zero-order valence-corrected chi connectivity index (χ0v) is 13.1. The van der Waals surface area contributed by atoms with Crippen LogP contribution in [0.15, 0.2) is 41.1 Å². The molecule has 1 aromatic carbocycles. The van der Waals surface area contributed by atoms with Crippen LogP contribution in [0.2, 0.25) is 0 Å². The minimum Gasteiger partial charge on any atom is -0.484 e. The number of nitrogens with two attached hydrogens (primary N) is 1. The number of ether oxygens (including phenoxy) is 1. The van der Waals surface area contributed by atoms with E-state index in [1.54, 1.807) is 11.3 Å². The average molecular weight is 373 g/mol. The summed E-state index contributed by atoms with van der Waals surface area (Å²) in [5.41, 5.74) is 7.33. The van der Waals surface area contributed by atoms with E-state index in [4.69, 9.17) is 10.5 Å². The van der Waals surface area contributed by atoms with E-state index in [9.17, 15) is 0 Å². The van der Waals surface area contributed by atoms with E-state index in [1.807, 2.05) is 24.3 Å². The second-order valence-electron chi connectivity index (χ2n) is 4.12. The Bertz CT molecular complexity index is 486. The highest BCUT2D eigenvalue weighted by Gasteiger charge is 2.20. The second-order valence-corrected chi connectivity index (χ2v) is 6.15. The summed E-state index contributed by atoms with van der Waals surface area (Å²) in [7, 11) is 0. The monoisotopic (exact) mass is 373 g/mol. The molecule has 1 aromatic heterocycles. The number of benzene rings is 1. The van der Waals surface area contributed by atoms with Crippen molar-refractivity contribution in [2.75, 3.05) is 0 Å². The molecule has 0 saturated heterocycles. The zero-order valence-electron chi connectivity index (χ0n) is 10.2. The van der Waals surface area contributed by atoms with Gasteiger partial charge >= 0.3 is 0 Å². The van der Waals surface area contributed by atoms with Gasteiger partial charge in [-0.1, -0.05) is 13.0 Å². The van der Waals surface area contributed by atoms with E-state index >= 15 is 0 Å². The Morgan fingerprint density at radius 2 is 2.22 bits per heavy atom. The summed E-state index contributed by atoms with van der Waals surface area (Å²) in [5.74, 6) is 0.877. The van der Waals surface area contributed by atoms with Crippen LogP contribution in [-0.2, 0) is 0 Å². The van der Waals surface area contributed by atoms with Crippen molar-refractivity contribution in [2.45, 2.75) is 25.5 Å². The van der Waals surface area contributed by atoms with Crippen LogP contribution in [0.1, 0.15) is 25.0 Å². The Morgan fingerprint density at radius 1 is 1.39 bits per heavy atom. The molecular weight excluding hydrogens is 357 g/mol. The van der Waals surface area contributed by atoms with Gasteiger partial charge < -0.3 is 10.5 Å². The quantitative estimate of drug-likeness (QED) is 0.797. The molecule has 0 bridgehead atoms. The summed E-state index contributed by atoms with van der Waals surface area (Å²) >= 11 is 3.96. The molecule has 0 radical (unpaired) electrons. The van der Waals surface area contributed by atoms with Crippen LogP contribution in [0.5, 0.6) is 5.75 Å². The van der Waals surface area contributed by atoms with Crippen molar-refractivity contribution in [3.05, 3.63) is 50.2 Å². The fourth-order valence-electron chi connectivity index (χ4n) is 1.74. The van der Waals surface area contributed by atoms with Crippen molar-refractivity contribution in [3.63, 3.8) is 0 Å². The predicted molar refractivity (Wildman–Crippen MR) is 85.1 cm³/mol. The van der Waals surface area contributed by atoms with Crippen LogP contribution in [0, 0.1) is 3.57 Å². The highest BCUT2D eigenvalue weighted by atomic mass is 127. The number of hydrogen-bond donors (Lipinski definition) is 1. The van der Waals surface area contributed by atoms with Crippen LogP contribution in [0.4, 0.5) is 0 Å². The minimum atomic E-state index is -0.0700. The SMILES string of the molecule is CCC(N)C(Oc1cccc(I)c1)c1ccsc1. The Labute approximate surface area is 125 Å². The minimum absolute atomic E-state index is 0.0115. The van der Waals surface area contributed by atoms with Gasteiger partial charge in [-0.2, -0.15) is 11.3 Å². The van der Waals surface area contributed by atoms with Gasteiger partial charge in [0.25, 0.3) is 0 Å². The normalized spacial score (nSPS) is 14.2. The van der Waals surface area contributed by atoms with Crippen molar-refractivity contribution >= 4 is 33.9 Å². The molecule has 0 aliphatic heterocycles.